The van der Waals surface area contributed by atoms with E-state index in [2.05, 4.69) is 10.3 Å². The molecule has 0 saturated carbocycles. The van der Waals surface area contributed by atoms with E-state index >= 15 is 0 Å². The summed E-state index contributed by atoms with van der Waals surface area (Å²) >= 11 is 0. The van der Waals surface area contributed by atoms with Crippen LogP contribution in [0.25, 0.3) is 22.0 Å². The smallest absolute Gasteiger partial charge is 0.417 e. The van der Waals surface area contributed by atoms with E-state index in [-0.39, 0.29) is 45.6 Å². The second-order valence-corrected chi connectivity index (χ2v) is 8.63. The molecule has 0 aliphatic carbocycles. The molecule has 0 spiro atoms. The number of aromatic nitrogens is 1. The number of phenols is 1. The lowest BCUT2D eigenvalue weighted by atomic mass is 9.96. The van der Waals surface area contributed by atoms with Crippen molar-refractivity contribution in [3.05, 3.63) is 95.2 Å². The first-order valence-electron chi connectivity index (χ1n) is 11.5. The molecule has 1 heterocycles. The normalized spacial score (nSPS) is 12.3. The second kappa shape index (κ2) is 10.9. The van der Waals surface area contributed by atoms with Gasteiger partial charge >= 0.3 is 12.1 Å². The van der Waals surface area contributed by atoms with Crippen molar-refractivity contribution in [3.8, 4) is 16.9 Å². The number of carbonyl (C=O) groups is 2. The van der Waals surface area contributed by atoms with Crippen molar-refractivity contribution in [1.29, 1.82) is 0 Å². The van der Waals surface area contributed by atoms with Crippen LogP contribution in [0.5, 0.6) is 5.75 Å². The molecule has 1 atom stereocenters. The highest BCUT2D eigenvalue weighted by Gasteiger charge is 2.33. The van der Waals surface area contributed by atoms with Crippen molar-refractivity contribution in [2.45, 2.75) is 18.6 Å². The lowest BCUT2D eigenvalue weighted by Crippen LogP contribution is -2.40. The summed E-state index contributed by atoms with van der Waals surface area (Å²) in [6, 6.07) is 16.2. The molecule has 4 aromatic rings. The van der Waals surface area contributed by atoms with Gasteiger partial charge < -0.3 is 20.3 Å². The number of halogens is 3. The molecule has 0 bridgehead atoms. The minimum absolute atomic E-state index is 0.0982. The van der Waals surface area contributed by atoms with Crippen LogP contribution in [0.4, 0.5) is 13.2 Å². The van der Waals surface area contributed by atoms with E-state index in [1.807, 2.05) is 0 Å². The Morgan fingerprint density at radius 3 is 2.39 bits per heavy atom. The molecule has 196 valence electrons. The number of aromatic hydroxyl groups is 1. The van der Waals surface area contributed by atoms with E-state index in [0.29, 0.717) is 6.42 Å². The van der Waals surface area contributed by atoms with Crippen molar-refractivity contribution < 1.29 is 37.7 Å². The number of rotatable bonds is 8. The number of nitrogens with zero attached hydrogens (tertiary/aromatic N) is 1. The quantitative estimate of drug-likeness (QED) is 0.288. The van der Waals surface area contributed by atoms with E-state index in [4.69, 9.17) is 4.74 Å². The predicted octanol–water partition coefficient (Wildman–Crippen LogP) is 5.31. The molecular formula is C28H23F3N2O5. The number of methoxy groups -OCH3 is 1. The Labute approximate surface area is 215 Å². The highest BCUT2D eigenvalue weighted by atomic mass is 19.4. The van der Waals surface area contributed by atoms with Gasteiger partial charge in [0.25, 0.3) is 5.91 Å². The van der Waals surface area contributed by atoms with Gasteiger partial charge in [-0.1, -0.05) is 36.4 Å². The Kier molecular flexibility index (Phi) is 7.63. The van der Waals surface area contributed by atoms with Crippen LogP contribution in [0, 0.1) is 0 Å². The minimum Gasteiger partial charge on any atom is -0.508 e. The number of nitrogens with one attached hydrogen (secondary N) is 1. The van der Waals surface area contributed by atoms with Crippen LogP contribution in [0.3, 0.4) is 0 Å². The maximum absolute atomic E-state index is 13.5. The molecule has 1 amide bonds. The summed E-state index contributed by atoms with van der Waals surface area (Å²) in [6.45, 7) is 0.161. The number of amides is 1. The maximum atomic E-state index is 13.5. The average Bonchev–Trinajstić information content (AvgIpc) is 2.88. The van der Waals surface area contributed by atoms with Gasteiger partial charge in [0.15, 0.2) is 0 Å². The number of pyridine rings is 1. The van der Waals surface area contributed by atoms with Gasteiger partial charge in [-0.2, -0.15) is 13.2 Å². The number of hydrogen-bond acceptors (Lipinski definition) is 5. The first kappa shape index (κ1) is 26.6. The molecule has 0 radical (unpaired) electrons. The van der Waals surface area contributed by atoms with Gasteiger partial charge in [-0.3, -0.25) is 4.79 Å². The number of carboxylic acid groups (broad SMARTS) is 1. The number of ether oxygens (including phenoxy) is 1. The van der Waals surface area contributed by atoms with Crippen LogP contribution < -0.4 is 5.32 Å². The number of benzene rings is 3. The number of carbonyl (C=O) groups excluding carboxylic acids is 1. The van der Waals surface area contributed by atoms with Crippen molar-refractivity contribution in [3.63, 3.8) is 0 Å². The Bertz CT molecular complexity index is 1490. The SMILES string of the molecule is COC[C@H](Cc1ccc(O)cc1)NC(=O)c1cc(C(=O)O)c2cc(-c3ccccc3C(F)(F)F)ccc2n1. The van der Waals surface area contributed by atoms with Crippen LogP contribution in [-0.2, 0) is 17.3 Å². The molecule has 0 saturated heterocycles. The molecule has 3 N–H and O–H groups in total. The maximum Gasteiger partial charge on any atom is 0.417 e. The summed E-state index contributed by atoms with van der Waals surface area (Å²) in [6.07, 6.45) is -4.22. The Morgan fingerprint density at radius 1 is 1.03 bits per heavy atom. The number of fused-ring (bicyclic) bond motifs is 1. The van der Waals surface area contributed by atoms with Gasteiger partial charge in [-0.25, -0.2) is 9.78 Å². The topological polar surface area (TPSA) is 109 Å². The summed E-state index contributed by atoms with van der Waals surface area (Å²) in [4.78, 5) is 29.4. The molecule has 10 heteroatoms. The van der Waals surface area contributed by atoms with Crippen molar-refractivity contribution >= 4 is 22.8 Å². The lowest BCUT2D eigenvalue weighted by molar-refractivity contribution is -0.137. The van der Waals surface area contributed by atoms with Gasteiger partial charge in [0.1, 0.15) is 11.4 Å². The number of aromatic carboxylic acids is 1. The Hall–Kier alpha value is -4.44. The number of hydrogen-bond donors (Lipinski definition) is 3. The van der Waals surface area contributed by atoms with E-state index in [9.17, 15) is 33.0 Å². The van der Waals surface area contributed by atoms with Crippen molar-refractivity contribution in [2.24, 2.45) is 0 Å². The summed E-state index contributed by atoms with van der Waals surface area (Å²) in [7, 11) is 1.47. The average molecular weight is 524 g/mol. The molecular weight excluding hydrogens is 501 g/mol. The molecule has 0 fully saturated rings. The van der Waals surface area contributed by atoms with Gasteiger partial charge in [0.2, 0.25) is 0 Å². The third-order valence-electron chi connectivity index (χ3n) is 5.94. The number of phenolic OH excluding ortho intramolecular Hbond substituents is 1. The molecule has 38 heavy (non-hydrogen) atoms. The van der Waals surface area contributed by atoms with Crippen LogP contribution in [0.1, 0.15) is 32.0 Å². The molecule has 7 nitrogen and oxygen atoms in total. The Balaban J connectivity index is 1.68. The molecule has 4 rings (SSSR count). The molecule has 1 aromatic heterocycles. The standard InChI is InChI=1S/C28H23F3N2O5/c1-38-15-18(12-16-6-9-19(34)10-7-16)32-26(35)25-14-22(27(36)37)21-13-17(8-11-24(21)33-25)20-4-2-3-5-23(20)28(29,30)31/h2-11,13-14,18,34H,12,15H2,1H3,(H,32,35)(H,36,37)/t18-/m0/s1. The van der Waals surface area contributed by atoms with E-state index in [0.717, 1.165) is 17.7 Å². The van der Waals surface area contributed by atoms with E-state index in [1.54, 1.807) is 12.1 Å². The van der Waals surface area contributed by atoms with Gasteiger partial charge in [-0.15, -0.1) is 0 Å². The Morgan fingerprint density at radius 2 is 1.74 bits per heavy atom. The van der Waals surface area contributed by atoms with Crippen LogP contribution in [0.15, 0.2) is 72.8 Å². The second-order valence-electron chi connectivity index (χ2n) is 8.63. The van der Waals surface area contributed by atoms with Gasteiger partial charge in [0, 0.05) is 12.5 Å². The lowest BCUT2D eigenvalue weighted by Gasteiger charge is -2.18. The zero-order chi connectivity index (χ0) is 27.4. The van der Waals surface area contributed by atoms with Crippen LogP contribution in [-0.4, -0.2) is 46.8 Å². The monoisotopic (exact) mass is 524 g/mol. The predicted molar refractivity (Wildman–Crippen MR) is 134 cm³/mol. The summed E-state index contributed by atoms with van der Waals surface area (Å²) in [5, 5.41) is 22.2. The summed E-state index contributed by atoms with van der Waals surface area (Å²) in [5.74, 6) is -1.89. The largest absolute Gasteiger partial charge is 0.508 e. The third kappa shape index (κ3) is 5.92. The fraction of sp³-hybridized carbons (Fsp3) is 0.179. The highest BCUT2D eigenvalue weighted by molar-refractivity contribution is 6.06. The van der Waals surface area contributed by atoms with Crippen molar-refractivity contribution in [1.82, 2.24) is 10.3 Å². The van der Waals surface area contributed by atoms with Crippen LogP contribution in [0.2, 0.25) is 0 Å². The fourth-order valence-electron chi connectivity index (χ4n) is 4.20. The third-order valence-corrected chi connectivity index (χ3v) is 5.94. The van der Waals surface area contributed by atoms with E-state index in [1.165, 1.54) is 55.6 Å². The number of alkyl halides is 3. The minimum atomic E-state index is -4.60. The first-order chi connectivity index (χ1) is 18.1. The fourth-order valence-corrected chi connectivity index (χ4v) is 4.20. The number of carboxylic acids is 1. The highest BCUT2D eigenvalue weighted by Crippen LogP contribution is 2.38. The molecule has 0 unspecified atom stereocenters. The van der Waals surface area contributed by atoms with E-state index < -0.39 is 29.7 Å². The van der Waals surface area contributed by atoms with Gasteiger partial charge in [0.05, 0.1) is 29.3 Å². The van der Waals surface area contributed by atoms with Crippen LogP contribution >= 0.6 is 0 Å². The molecule has 0 aliphatic heterocycles. The molecule has 0 aliphatic rings. The first-order valence-corrected chi connectivity index (χ1v) is 11.5. The van der Waals surface area contributed by atoms with Gasteiger partial charge in [-0.05, 0) is 59.5 Å². The summed E-state index contributed by atoms with van der Waals surface area (Å²) < 4.78 is 45.8. The van der Waals surface area contributed by atoms with Crippen molar-refractivity contribution in [2.75, 3.05) is 13.7 Å². The zero-order valence-corrected chi connectivity index (χ0v) is 20.1. The molecule has 3 aromatic carbocycles. The zero-order valence-electron chi connectivity index (χ0n) is 20.1. The summed E-state index contributed by atoms with van der Waals surface area (Å²) in [5.41, 5.74) is -0.242.